The molecule has 29 heavy (non-hydrogen) atoms. The second-order valence-electron chi connectivity index (χ2n) is 11.1. The zero-order valence-corrected chi connectivity index (χ0v) is 18.9. The second-order valence-corrected chi connectivity index (χ2v) is 11.1. The van der Waals surface area contributed by atoms with E-state index in [1.54, 1.807) is 25.0 Å². The summed E-state index contributed by atoms with van der Waals surface area (Å²) in [6.45, 7) is 10.8. The van der Waals surface area contributed by atoms with E-state index in [-0.39, 0.29) is 16.9 Å². The third-order valence-electron chi connectivity index (χ3n) is 8.52. The monoisotopic (exact) mass is 394 g/mol. The Labute approximate surface area is 177 Å². The highest BCUT2D eigenvalue weighted by molar-refractivity contribution is 5.42. The molecule has 4 aliphatic rings. The lowest BCUT2D eigenvalue weighted by atomic mass is 9.50. The zero-order chi connectivity index (χ0) is 21.0. The molecule has 0 spiro atoms. The van der Waals surface area contributed by atoms with Gasteiger partial charge >= 0.3 is 0 Å². The van der Waals surface area contributed by atoms with Crippen molar-refractivity contribution in [2.45, 2.75) is 91.3 Å². The van der Waals surface area contributed by atoms with Crippen LogP contribution in [0.15, 0.2) is 34.9 Å². The quantitative estimate of drug-likeness (QED) is 0.475. The Balaban J connectivity index is 1.57. The Hall–Kier alpha value is -1.30. The van der Waals surface area contributed by atoms with Gasteiger partial charge in [0.15, 0.2) is 0 Å². The van der Waals surface area contributed by atoms with Crippen molar-refractivity contribution in [2.24, 2.45) is 28.6 Å². The molecule has 0 saturated heterocycles. The van der Waals surface area contributed by atoms with E-state index in [9.17, 15) is 10.2 Å². The maximum Gasteiger partial charge on any atom is 0.119 e. The summed E-state index contributed by atoms with van der Waals surface area (Å²) in [4.78, 5) is 0. The van der Waals surface area contributed by atoms with Gasteiger partial charge in [-0.15, -0.1) is 0 Å². The molecule has 0 aromatic rings. The third-order valence-corrected chi connectivity index (χ3v) is 8.52. The third kappa shape index (κ3) is 3.55. The molecule has 0 radical (unpaired) electrons. The Kier molecular flexibility index (Phi) is 5.16. The molecular weight excluding hydrogens is 356 g/mol. The molecule has 0 bridgehead atoms. The van der Waals surface area contributed by atoms with E-state index >= 15 is 0 Å². The summed E-state index contributed by atoms with van der Waals surface area (Å²) in [5, 5.41) is 20.1. The first-order valence-electron chi connectivity index (χ1n) is 11.6. The molecule has 0 heterocycles. The SMILES string of the molecule is C[C@H](CC#CC(C)(C)O)C1=CC[C@H]2C3=CC=C4C[C@@H](O)CC[C@]4(C)[C@H]3CC[C@]12C. The van der Waals surface area contributed by atoms with Crippen LogP contribution < -0.4 is 0 Å². The Morgan fingerprint density at radius 3 is 2.59 bits per heavy atom. The molecule has 2 heteroatoms. The van der Waals surface area contributed by atoms with Gasteiger partial charge in [-0.2, -0.15) is 0 Å². The highest BCUT2D eigenvalue weighted by Gasteiger charge is 2.54. The zero-order valence-electron chi connectivity index (χ0n) is 18.9. The molecule has 4 rings (SSSR count). The molecule has 2 N–H and O–H groups in total. The molecule has 2 nitrogen and oxygen atoms in total. The van der Waals surface area contributed by atoms with Gasteiger partial charge < -0.3 is 10.2 Å². The number of hydrogen-bond acceptors (Lipinski definition) is 2. The Morgan fingerprint density at radius 2 is 1.86 bits per heavy atom. The van der Waals surface area contributed by atoms with E-state index in [2.05, 4.69) is 50.8 Å². The second kappa shape index (κ2) is 7.14. The summed E-state index contributed by atoms with van der Waals surface area (Å²) in [6.07, 6.45) is 14.5. The molecule has 0 aromatic carbocycles. The van der Waals surface area contributed by atoms with Crippen LogP contribution in [0.2, 0.25) is 0 Å². The predicted molar refractivity (Wildman–Crippen MR) is 119 cm³/mol. The Morgan fingerprint density at radius 1 is 1.14 bits per heavy atom. The first-order valence-corrected chi connectivity index (χ1v) is 11.6. The predicted octanol–water partition coefficient (Wildman–Crippen LogP) is 5.57. The summed E-state index contributed by atoms with van der Waals surface area (Å²) >= 11 is 0. The minimum Gasteiger partial charge on any atom is -0.393 e. The van der Waals surface area contributed by atoms with Crippen molar-refractivity contribution in [1.82, 2.24) is 0 Å². The normalized spacial score (nSPS) is 39.7. The maximum atomic E-state index is 10.2. The van der Waals surface area contributed by atoms with E-state index in [4.69, 9.17) is 0 Å². The van der Waals surface area contributed by atoms with Crippen molar-refractivity contribution in [3.05, 3.63) is 34.9 Å². The van der Waals surface area contributed by atoms with Crippen LogP contribution in [-0.2, 0) is 0 Å². The molecular formula is C27H38O2. The van der Waals surface area contributed by atoms with E-state index < -0.39 is 5.60 Å². The van der Waals surface area contributed by atoms with E-state index in [1.165, 1.54) is 18.4 Å². The van der Waals surface area contributed by atoms with Crippen molar-refractivity contribution in [3.8, 4) is 11.8 Å². The lowest BCUT2D eigenvalue weighted by Crippen LogP contribution is -2.45. The van der Waals surface area contributed by atoms with Gasteiger partial charge in [0.2, 0.25) is 0 Å². The van der Waals surface area contributed by atoms with Gasteiger partial charge in [-0.3, -0.25) is 0 Å². The van der Waals surface area contributed by atoms with Crippen LogP contribution in [0.4, 0.5) is 0 Å². The largest absolute Gasteiger partial charge is 0.393 e. The first-order chi connectivity index (χ1) is 13.5. The van der Waals surface area contributed by atoms with Crippen LogP contribution in [0.1, 0.15) is 79.6 Å². The molecule has 0 unspecified atom stereocenters. The molecule has 2 saturated carbocycles. The lowest BCUT2D eigenvalue weighted by Gasteiger charge is -2.54. The van der Waals surface area contributed by atoms with Crippen LogP contribution in [0.25, 0.3) is 0 Å². The fourth-order valence-electron chi connectivity index (χ4n) is 6.90. The fourth-order valence-corrected chi connectivity index (χ4v) is 6.90. The van der Waals surface area contributed by atoms with E-state index in [1.807, 2.05) is 0 Å². The topological polar surface area (TPSA) is 40.5 Å². The number of allylic oxidation sites excluding steroid dienone is 5. The van der Waals surface area contributed by atoms with Crippen LogP contribution in [0.5, 0.6) is 0 Å². The van der Waals surface area contributed by atoms with Crippen molar-refractivity contribution in [2.75, 3.05) is 0 Å². The van der Waals surface area contributed by atoms with E-state index in [0.29, 0.717) is 17.8 Å². The van der Waals surface area contributed by atoms with Crippen molar-refractivity contribution in [3.63, 3.8) is 0 Å². The van der Waals surface area contributed by atoms with Crippen LogP contribution >= 0.6 is 0 Å². The van der Waals surface area contributed by atoms with Gasteiger partial charge in [-0.25, -0.2) is 0 Å². The van der Waals surface area contributed by atoms with Crippen LogP contribution in [-0.4, -0.2) is 21.9 Å². The van der Waals surface area contributed by atoms with Crippen molar-refractivity contribution >= 4 is 0 Å². The minimum absolute atomic E-state index is 0.149. The Bertz CT molecular complexity index is 827. The molecule has 158 valence electrons. The average Bonchev–Trinajstić information content (AvgIpc) is 2.98. The molecule has 0 amide bonds. The van der Waals surface area contributed by atoms with Gasteiger partial charge in [0, 0.05) is 6.42 Å². The fraction of sp³-hybridized carbons (Fsp3) is 0.704. The van der Waals surface area contributed by atoms with Gasteiger partial charge in [0.05, 0.1) is 6.10 Å². The van der Waals surface area contributed by atoms with Gasteiger partial charge in [0.1, 0.15) is 5.60 Å². The van der Waals surface area contributed by atoms with E-state index in [0.717, 1.165) is 32.1 Å². The summed E-state index contributed by atoms with van der Waals surface area (Å²) in [5.41, 5.74) is 4.32. The summed E-state index contributed by atoms with van der Waals surface area (Å²) in [5.74, 6) is 7.91. The molecule has 4 aliphatic carbocycles. The van der Waals surface area contributed by atoms with Crippen molar-refractivity contribution in [1.29, 1.82) is 0 Å². The summed E-state index contributed by atoms with van der Waals surface area (Å²) in [6, 6.07) is 0. The number of aliphatic hydroxyl groups excluding tert-OH is 1. The molecule has 0 aliphatic heterocycles. The van der Waals surface area contributed by atoms with Crippen molar-refractivity contribution < 1.29 is 10.2 Å². The van der Waals surface area contributed by atoms with Crippen LogP contribution in [0, 0.1) is 40.4 Å². The minimum atomic E-state index is -0.908. The lowest BCUT2D eigenvalue weighted by molar-refractivity contribution is 0.0617. The van der Waals surface area contributed by atoms with Gasteiger partial charge in [0.25, 0.3) is 0 Å². The first kappa shape index (κ1) is 21.0. The smallest absolute Gasteiger partial charge is 0.119 e. The number of aliphatic hydroxyl groups is 2. The highest BCUT2D eigenvalue weighted by atomic mass is 16.3. The van der Waals surface area contributed by atoms with Gasteiger partial charge in [-0.1, -0.05) is 67.6 Å². The standard InChI is InChI=1S/C27H38O2/c1-18(7-6-14-25(2,3)29)22-10-11-23-21-9-8-19-17-20(28)12-15-26(19,4)24(21)13-16-27(22,23)5/h8-10,18,20,23-24,28-29H,7,11-13,15-17H2,1-5H3/t18-,20+,23+,24+,26+,27-/m1/s1. The van der Waals surface area contributed by atoms with Gasteiger partial charge in [-0.05, 0) is 81.0 Å². The maximum absolute atomic E-state index is 10.2. The molecule has 2 fully saturated rings. The molecule has 6 atom stereocenters. The number of hydrogen-bond donors (Lipinski definition) is 2. The summed E-state index contributed by atoms with van der Waals surface area (Å²) < 4.78 is 0. The average molecular weight is 395 g/mol. The number of fused-ring (bicyclic) bond motifs is 5. The summed E-state index contributed by atoms with van der Waals surface area (Å²) in [7, 11) is 0. The number of rotatable bonds is 2. The van der Waals surface area contributed by atoms with Crippen LogP contribution in [0.3, 0.4) is 0 Å². The highest BCUT2D eigenvalue weighted by Crippen LogP contribution is 2.64. The molecule has 0 aromatic heterocycles.